The van der Waals surface area contributed by atoms with Crippen LogP contribution < -0.4 is 5.32 Å². The van der Waals surface area contributed by atoms with Crippen molar-refractivity contribution in [2.45, 2.75) is 26.3 Å². The highest BCUT2D eigenvalue weighted by molar-refractivity contribution is 5.78. The molecule has 2 rings (SSSR count). The number of carbonyl (C=O) groups is 1. The van der Waals surface area contributed by atoms with Gasteiger partial charge in [0.2, 0.25) is 5.91 Å². The van der Waals surface area contributed by atoms with Crippen LogP contribution in [0.1, 0.15) is 25.3 Å². The highest BCUT2D eigenvalue weighted by Crippen LogP contribution is 2.28. The van der Waals surface area contributed by atoms with Gasteiger partial charge in [-0.1, -0.05) is 6.92 Å². The van der Waals surface area contributed by atoms with E-state index < -0.39 is 11.6 Å². The van der Waals surface area contributed by atoms with Crippen LogP contribution in [0.4, 0.5) is 8.78 Å². The van der Waals surface area contributed by atoms with Crippen molar-refractivity contribution in [3.63, 3.8) is 0 Å². The van der Waals surface area contributed by atoms with Crippen LogP contribution in [0.2, 0.25) is 0 Å². The lowest BCUT2D eigenvalue weighted by Gasteiger charge is -2.38. The Bertz CT molecular complexity index is 519. The van der Waals surface area contributed by atoms with E-state index in [1.807, 2.05) is 11.8 Å². The van der Waals surface area contributed by atoms with Crippen LogP contribution in [-0.4, -0.2) is 42.2 Å². The Morgan fingerprint density at radius 3 is 2.68 bits per heavy atom. The monoisotopic (exact) mass is 312 g/mol. The number of benzene rings is 1. The Morgan fingerprint density at radius 1 is 1.36 bits per heavy atom. The van der Waals surface area contributed by atoms with Crippen LogP contribution in [-0.2, 0) is 11.3 Å². The van der Waals surface area contributed by atoms with Gasteiger partial charge < -0.3 is 10.4 Å². The lowest BCUT2D eigenvalue weighted by atomic mass is 9.83. The predicted molar refractivity (Wildman–Crippen MR) is 79.1 cm³/mol. The third-order valence-electron chi connectivity index (χ3n) is 4.02. The molecule has 1 aromatic rings. The van der Waals surface area contributed by atoms with E-state index in [1.165, 1.54) is 12.1 Å². The zero-order chi connectivity index (χ0) is 16.2. The van der Waals surface area contributed by atoms with Crippen molar-refractivity contribution in [2.24, 2.45) is 5.41 Å². The van der Waals surface area contributed by atoms with Crippen molar-refractivity contribution in [1.82, 2.24) is 10.2 Å². The summed E-state index contributed by atoms with van der Waals surface area (Å²) < 4.78 is 26.1. The summed E-state index contributed by atoms with van der Waals surface area (Å²) in [7, 11) is 0. The molecular weight excluding hydrogens is 290 g/mol. The molecule has 1 amide bonds. The minimum absolute atomic E-state index is 0.0959. The molecule has 2 N–H and O–H groups in total. The summed E-state index contributed by atoms with van der Waals surface area (Å²) in [5.74, 6) is -1.50. The van der Waals surface area contributed by atoms with Gasteiger partial charge in [-0.05, 0) is 37.1 Å². The van der Waals surface area contributed by atoms with Gasteiger partial charge in [-0.2, -0.15) is 0 Å². The number of aliphatic hydroxyl groups is 1. The summed E-state index contributed by atoms with van der Waals surface area (Å²) in [4.78, 5) is 14.0. The van der Waals surface area contributed by atoms with Gasteiger partial charge in [0.1, 0.15) is 11.6 Å². The fraction of sp³-hybridized carbons (Fsp3) is 0.562. The Hall–Kier alpha value is -1.53. The number of piperidine rings is 1. The molecule has 1 aliphatic heterocycles. The largest absolute Gasteiger partial charge is 0.396 e. The summed E-state index contributed by atoms with van der Waals surface area (Å²) in [5, 5.41) is 12.1. The van der Waals surface area contributed by atoms with E-state index in [1.54, 1.807) is 0 Å². The average molecular weight is 312 g/mol. The first-order valence-electron chi connectivity index (χ1n) is 7.45. The molecule has 1 aromatic carbocycles. The van der Waals surface area contributed by atoms with E-state index in [2.05, 4.69) is 5.32 Å². The minimum Gasteiger partial charge on any atom is -0.396 e. The van der Waals surface area contributed by atoms with E-state index in [9.17, 15) is 18.7 Å². The first-order valence-corrected chi connectivity index (χ1v) is 7.45. The van der Waals surface area contributed by atoms with Crippen LogP contribution in [0.5, 0.6) is 0 Å². The third-order valence-corrected chi connectivity index (χ3v) is 4.02. The maximum absolute atomic E-state index is 13.1. The number of nitrogens with one attached hydrogen (secondary N) is 1. The molecule has 1 saturated heterocycles. The van der Waals surface area contributed by atoms with Crippen LogP contribution in [0, 0.1) is 17.0 Å². The molecular formula is C16H22F2N2O2. The number of nitrogens with zero attached hydrogens (tertiary/aromatic N) is 1. The quantitative estimate of drug-likeness (QED) is 0.870. The summed E-state index contributed by atoms with van der Waals surface area (Å²) in [6, 6.07) is 3.20. The summed E-state index contributed by atoms with van der Waals surface area (Å²) in [5.41, 5.74) is 0.231. The molecule has 4 nitrogen and oxygen atoms in total. The molecule has 0 aliphatic carbocycles. The van der Waals surface area contributed by atoms with E-state index in [-0.39, 0.29) is 31.0 Å². The number of halogens is 2. The molecule has 0 saturated carbocycles. The molecule has 22 heavy (non-hydrogen) atoms. The second-order valence-electron chi connectivity index (χ2n) is 6.34. The fourth-order valence-corrected chi connectivity index (χ4v) is 2.86. The van der Waals surface area contributed by atoms with Crippen LogP contribution >= 0.6 is 0 Å². The SMILES string of the molecule is CC1(CO)CCCN(CC(=O)NCc2cc(F)cc(F)c2)C1. The highest BCUT2D eigenvalue weighted by atomic mass is 19.1. The molecule has 1 atom stereocenters. The molecule has 1 aliphatic rings. The minimum atomic E-state index is -0.654. The van der Waals surface area contributed by atoms with Gasteiger partial charge >= 0.3 is 0 Å². The zero-order valence-corrected chi connectivity index (χ0v) is 12.7. The van der Waals surface area contributed by atoms with Gasteiger partial charge in [0.25, 0.3) is 0 Å². The Morgan fingerprint density at radius 2 is 2.05 bits per heavy atom. The van der Waals surface area contributed by atoms with E-state index in [0.29, 0.717) is 12.1 Å². The van der Waals surface area contributed by atoms with Gasteiger partial charge in [-0.3, -0.25) is 9.69 Å². The van der Waals surface area contributed by atoms with Crippen molar-refractivity contribution >= 4 is 5.91 Å². The number of rotatable bonds is 5. The standard InChI is InChI=1S/C16H22F2N2O2/c1-16(11-21)3-2-4-20(10-16)9-15(22)19-8-12-5-13(17)7-14(18)6-12/h5-7,21H,2-4,8-11H2,1H3,(H,19,22). The summed E-state index contributed by atoms with van der Waals surface area (Å²) in [6.45, 7) is 3.93. The van der Waals surface area contributed by atoms with Gasteiger partial charge in [-0.15, -0.1) is 0 Å². The molecule has 1 unspecified atom stereocenters. The number of carbonyl (C=O) groups excluding carboxylic acids is 1. The zero-order valence-electron chi connectivity index (χ0n) is 12.7. The molecule has 122 valence electrons. The molecule has 0 aromatic heterocycles. The van der Waals surface area contributed by atoms with Gasteiger partial charge in [-0.25, -0.2) is 8.78 Å². The molecule has 0 spiro atoms. The normalized spacial score (nSPS) is 22.5. The van der Waals surface area contributed by atoms with E-state index in [4.69, 9.17) is 0 Å². The number of likely N-dealkylation sites (tertiary alicyclic amines) is 1. The molecule has 1 fully saturated rings. The Labute approximate surface area is 129 Å². The smallest absolute Gasteiger partial charge is 0.234 e. The van der Waals surface area contributed by atoms with E-state index >= 15 is 0 Å². The fourth-order valence-electron chi connectivity index (χ4n) is 2.86. The van der Waals surface area contributed by atoms with Crippen LogP contribution in [0.15, 0.2) is 18.2 Å². The number of amides is 1. The predicted octanol–water partition coefficient (Wildman–Crippen LogP) is 1.68. The first kappa shape index (κ1) is 16.8. The second kappa shape index (κ2) is 7.15. The summed E-state index contributed by atoms with van der Waals surface area (Å²) in [6.07, 6.45) is 1.89. The Kier molecular flexibility index (Phi) is 5.47. The van der Waals surface area contributed by atoms with Crippen molar-refractivity contribution in [2.75, 3.05) is 26.2 Å². The van der Waals surface area contributed by atoms with Crippen molar-refractivity contribution < 1.29 is 18.7 Å². The van der Waals surface area contributed by atoms with Crippen molar-refractivity contribution in [1.29, 1.82) is 0 Å². The topological polar surface area (TPSA) is 52.6 Å². The van der Waals surface area contributed by atoms with Gasteiger partial charge in [0.05, 0.1) is 6.54 Å². The van der Waals surface area contributed by atoms with Gasteiger partial charge in [0, 0.05) is 31.2 Å². The lowest BCUT2D eigenvalue weighted by Crippen LogP contribution is -2.47. The third kappa shape index (κ3) is 4.74. The maximum Gasteiger partial charge on any atom is 0.234 e. The molecule has 6 heteroatoms. The highest BCUT2D eigenvalue weighted by Gasteiger charge is 2.30. The van der Waals surface area contributed by atoms with Crippen LogP contribution in [0.25, 0.3) is 0 Å². The second-order valence-corrected chi connectivity index (χ2v) is 6.34. The first-order chi connectivity index (χ1) is 10.4. The number of aliphatic hydroxyl groups excluding tert-OH is 1. The lowest BCUT2D eigenvalue weighted by molar-refractivity contribution is -0.123. The van der Waals surface area contributed by atoms with Crippen molar-refractivity contribution in [3.8, 4) is 0 Å². The summed E-state index contributed by atoms with van der Waals surface area (Å²) >= 11 is 0. The molecule has 0 radical (unpaired) electrons. The maximum atomic E-state index is 13.1. The Balaban J connectivity index is 1.83. The molecule has 0 bridgehead atoms. The number of hydrogen-bond donors (Lipinski definition) is 2. The van der Waals surface area contributed by atoms with E-state index in [0.717, 1.165) is 25.5 Å². The van der Waals surface area contributed by atoms with Crippen LogP contribution in [0.3, 0.4) is 0 Å². The molecule has 1 heterocycles. The van der Waals surface area contributed by atoms with Crippen molar-refractivity contribution in [3.05, 3.63) is 35.4 Å². The number of hydrogen-bond acceptors (Lipinski definition) is 3. The van der Waals surface area contributed by atoms with Gasteiger partial charge in [0.15, 0.2) is 0 Å². The average Bonchev–Trinajstić information content (AvgIpc) is 2.44.